The van der Waals surface area contributed by atoms with Crippen LogP contribution in [-0.2, 0) is 29.0 Å². The van der Waals surface area contributed by atoms with E-state index in [0.717, 1.165) is 56.0 Å². The highest BCUT2D eigenvalue weighted by Gasteiger charge is 2.43. The molecule has 0 radical (unpaired) electrons. The van der Waals surface area contributed by atoms with Gasteiger partial charge in [0.25, 0.3) is 0 Å². The Morgan fingerprint density at radius 3 is 2.80 bits per heavy atom. The van der Waals surface area contributed by atoms with Crippen LogP contribution in [0.2, 0.25) is 0 Å². The molecule has 2 aromatic rings. The summed E-state index contributed by atoms with van der Waals surface area (Å²) in [7, 11) is 0. The van der Waals surface area contributed by atoms with Gasteiger partial charge in [-0.25, -0.2) is 0 Å². The van der Waals surface area contributed by atoms with Crippen molar-refractivity contribution in [2.24, 2.45) is 0 Å². The molecule has 0 spiro atoms. The van der Waals surface area contributed by atoms with E-state index >= 15 is 0 Å². The molecule has 0 N–H and O–H groups in total. The molecule has 0 amide bonds. The summed E-state index contributed by atoms with van der Waals surface area (Å²) in [5, 5.41) is 0. The SMILES string of the molecule is CCc1ccc(CN2CCOC3CCC2C3OCc2ccncc2)o1. The van der Waals surface area contributed by atoms with Gasteiger partial charge in [-0.15, -0.1) is 0 Å². The standard InChI is InChI=1S/C20H26N2O3/c1-2-16-3-4-17(25-16)13-22-11-12-23-19-6-5-18(22)20(19)24-14-15-7-9-21-10-8-15/h3-4,7-10,18-20H,2,5-6,11-14H2,1H3. The van der Waals surface area contributed by atoms with Crippen LogP contribution in [0.4, 0.5) is 0 Å². The van der Waals surface area contributed by atoms with Gasteiger partial charge in [0.2, 0.25) is 0 Å². The number of fused-ring (bicyclic) bond motifs is 2. The molecular formula is C20H26N2O3. The molecule has 1 saturated heterocycles. The second-order valence-electron chi connectivity index (χ2n) is 6.88. The smallest absolute Gasteiger partial charge is 0.118 e. The van der Waals surface area contributed by atoms with E-state index in [-0.39, 0.29) is 12.2 Å². The highest BCUT2D eigenvalue weighted by molar-refractivity contribution is 5.10. The Kier molecular flexibility index (Phi) is 5.15. The monoisotopic (exact) mass is 342 g/mol. The van der Waals surface area contributed by atoms with Crippen LogP contribution in [0.1, 0.15) is 36.8 Å². The van der Waals surface area contributed by atoms with Crippen LogP contribution in [0.3, 0.4) is 0 Å². The van der Waals surface area contributed by atoms with Crippen molar-refractivity contribution in [1.29, 1.82) is 0 Å². The summed E-state index contributed by atoms with van der Waals surface area (Å²) >= 11 is 0. The Morgan fingerprint density at radius 1 is 1.16 bits per heavy atom. The normalized spacial score (nSPS) is 26.7. The number of rotatable bonds is 6. The number of pyridine rings is 1. The van der Waals surface area contributed by atoms with Gasteiger partial charge < -0.3 is 13.9 Å². The molecule has 3 atom stereocenters. The predicted octanol–water partition coefficient (Wildman–Crippen LogP) is 3.19. The van der Waals surface area contributed by atoms with E-state index in [0.29, 0.717) is 12.6 Å². The molecule has 5 nitrogen and oxygen atoms in total. The van der Waals surface area contributed by atoms with Gasteiger partial charge >= 0.3 is 0 Å². The van der Waals surface area contributed by atoms with Crippen LogP contribution in [0.5, 0.6) is 0 Å². The van der Waals surface area contributed by atoms with Crippen molar-refractivity contribution in [3.8, 4) is 0 Å². The fraction of sp³-hybridized carbons (Fsp3) is 0.550. The van der Waals surface area contributed by atoms with Gasteiger partial charge in [-0.2, -0.15) is 0 Å². The molecule has 1 aliphatic carbocycles. The van der Waals surface area contributed by atoms with Crippen molar-refractivity contribution in [1.82, 2.24) is 9.88 Å². The first-order valence-electron chi connectivity index (χ1n) is 9.27. The van der Waals surface area contributed by atoms with Gasteiger partial charge in [-0.1, -0.05) is 6.92 Å². The molecule has 0 aromatic carbocycles. The summed E-state index contributed by atoms with van der Waals surface area (Å²) in [6.07, 6.45) is 7.08. The van der Waals surface area contributed by atoms with Crippen LogP contribution < -0.4 is 0 Å². The maximum absolute atomic E-state index is 6.31. The molecule has 1 saturated carbocycles. The molecule has 2 fully saturated rings. The fourth-order valence-electron chi connectivity index (χ4n) is 3.95. The quantitative estimate of drug-likeness (QED) is 0.807. The van der Waals surface area contributed by atoms with Crippen molar-refractivity contribution >= 4 is 0 Å². The number of furan rings is 1. The zero-order valence-corrected chi connectivity index (χ0v) is 14.8. The molecule has 2 aliphatic rings. The lowest BCUT2D eigenvalue weighted by molar-refractivity contribution is -0.0616. The summed E-state index contributed by atoms with van der Waals surface area (Å²) < 4.78 is 18.3. The molecule has 3 heterocycles. The minimum absolute atomic E-state index is 0.122. The van der Waals surface area contributed by atoms with Crippen LogP contribution in [-0.4, -0.2) is 41.3 Å². The molecule has 4 rings (SSSR count). The van der Waals surface area contributed by atoms with Crippen LogP contribution in [0, 0.1) is 0 Å². The number of aromatic nitrogens is 1. The molecule has 5 heteroatoms. The lowest BCUT2D eigenvalue weighted by Gasteiger charge is -2.30. The van der Waals surface area contributed by atoms with E-state index in [1.165, 1.54) is 0 Å². The lowest BCUT2D eigenvalue weighted by Crippen LogP contribution is -2.42. The Morgan fingerprint density at radius 2 is 2.00 bits per heavy atom. The molecule has 2 bridgehead atoms. The number of ether oxygens (including phenoxy) is 2. The number of hydrogen-bond acceptors (Lipinski definition) is 5. The average Bonchev–Trinajstić information content (AvgIpc) is 3.21. The Labute approximate surface area is 148 Å². The van der Waals surface area contributed by atoms with Crippen molar-refractivity contribution in [3.63, 3.8) is 0 Å². The summed E-state index contributed by atoms with van der Waals surface area (Å²) in [5.74, 6) is 2.09. The maximum atomic E-state index is 6.31. The lowest BCUT2D eigenvalue weighted by atomic mass is 10.1. The van der Waals surface area contributed by atoms with Gasteiger partial charge in [0.05, 0.1) is 32.0 Å². The van der Waals surface area contributed by atoms with Gasteiger partial charge in [0.15, 0.2) is 0 Å². The first-order valence-corrected chi connectivity index (χ1v) is 9.27. The Bertz CT molecular complexity index is 673. The predicted molar refractivity (Wildman–Crippen MR) is 94.1 cm³/mol. The third-order valence-electron chi connectivity index (χ3n) is 5.29. The minimum Gasteiger partial charge on any atom is -0.465 e. The highest BCUT2D eigenvalue weighted by Crippen LogP contribution is 2.33. The van der Waals surface area contributed by atoms with E-state index < -0.39 is 0 Å². The molecule has 25 heavy (non-hydrogen) atoms. The van der Waals surface area contributed by atoms with Gasteiger partial charge in [-0.3, -0.25) is 9.88 Å². The average molecular weight is 342 g/mol. The van der Waals surface area contributed by atoms with Gasteiger partial charge in [-0.05, 0) is 42.7 Å². The Hall–Kier alpha value is -1.69. The second kappa shape index (κ2) is 7.68. The third-order valence-corrected chi connectivity index (χ3v) is 5.29. The zero-order chi connectivity index (χ0) is 17.1. The van der Waals surface area contributed by atoms with Crippen LogP contribution >= 0.6 is 0 Å². The van der Waals surface area contributed by atoms with E-state index in [4.69, 9.17) is 13.9 Å². The van der Waals surface area contributed by atoms with Crippen LogP contribution in [0.25, 0.3) is 0 Å². The molecule has 3 unspecified atom stereocenters. The third kappa shape index (κ3) is 3.78. The molecule has 1 aliphatic heterocycles. The zero-order valence-electron chi connectivity index (χ0n) is 14.8. The second-order valence-corrected chi connectivity index (χ2v) is 6.88. The van der Waals surface area contributed by atoms with Crippen LogP contribution in [0.15, 0.2) is 41.1 Å². The van der Waals surface area contributed by atoms with Crippen molar-refractivity contribution < 1.29 is 13.9 Å². The summed E-state index contributed by atoms with van der Waals surface area (Å²) in [6, 6.07) is 8.59. The van der Waals surface area contributed by atoms with E-state index in [1.54, 1.807) is 0 Å². The molecule has 134 valence electrons. The van der Waals surface area contributed by atoms with E-state index in [1.807, 2.05) is 24.5 Å². The van der Waals surface area contributed by atoms with E-state index in [9.17, 15) is 0 Å². The number of nitrogens with zero attached hydrogens (tertiary/aromatic N) is 2. The summed E-state index contributed by atoms with van der Waals surface area (Å²) in [5.41, 5.74) is 1.16. The number of hydrogen-bond donors (Lipinski definition) is 0. The fourth-order valence-corrected chi connectivity index (χ4v) is 3.95. The molecular weight excluding hydrogens is 316 g/mol. The van der Waals surface area contributed by atoms with Gasteiger partial charge in [0, 0.05) is 31.4 Å². The van der Waals surface area contributed by atoms with E-state index in [2.05, 4.69) is 28.9 Å². The van der Waals surface area contributed by atoms with Crippen molar-refractivity contribution in [3.05, 3.63) is 53.7 Å². The number of aryl methyl sites for hydroxylation is 1. The summed E-state index contributed by atoms with van der Waals surface area (Å²) in [4.78, 5) is 6.54. The first kappa shape index (κ1) is 16.8. The summed E-state index contributed by atoms with van der Waals surface area (Å²) in [6.45, 7) is 5.25. The minimum atomic E-state index is 0.122. The van der Waals surface area contributed by atoms with Crippen molar-refractivity contribution in [2.45, 2.75) is 57.6 Å². The topological polar surface area (TPSA) is 47.7 Å². The molecule has 2 aromatic heterocycles. The Balaban J connectivity index is 1.44. The highest BCUT2D eigenvalue weighted by atomic mass is 16.5. The first-order chi connectivity index (χ1) is 12.3. The largest absolute Gasteiger partial charge is 0.465 e. The van der Waals surface area contributed by atoms with Crippen molar-refractivity contribution in [2.75, 3.05) is 13.2 Å². The maximum Gasteiger partial charge on any atom is 0.118 e. The van der Waals surface area contributed by atoms with Gasteiger partial charge in [0.1, 0.15) is 11.5 Å².